The van der Waals surface area contributed by atoms with Crippen molar-refractivity contribution in [3.8, 4) is 0 Å². The molecule has 1 amide bonds. The Hall–Kier alpha value is -3.21. The van der Waals surface area contributed by atoms with E-state index in [4.69, 9.17) is 4.74 Å². The van der Waals surface area contributed by atoms with Crippen molar-refractivity contribution in [3.05, 3.63) is 46.8 Å². The van der Waals surface area contributed by atoms with Gasteiger partial charge in [-0.25, -0.2) is 9.97 Å². The molecule has 11 heteroatoms. The SMILES string of the molecule is O=C(NC1CC2CC(C1)CC(C(=O)O)C2)c1cnc(N2CC3(CCOCC3)c3cc(C4CCCC4)ccc32)nc1C(F)(F)F. The largest absolute Gasteiger partial charge is 0.481 e. The fourth-order valence-corrected chi connectivity index (χ4v) is 8.89. The van der Waals surface area contributed by atoms with Crippen molar-refractivity contribution in [1.82, 2.24) is 15.3 Å². The van der Waals surface area contributed by atoms with Gasteiger partial charge >= 0.3 is 12.1 Å². The van der Waals surface area contributed by atoms with Gasteiger partial charge in [-0.3, -0.25) is 9.59 Å². The summed E-state index contributed by atoms with van der Waals surface area (Å²) >= 11 is 0. The van der Waals surface area contributed by atoms with E-state index in [0.29, 0.717) is 51.4 Å². The van der Waals surface area contributed by atoms with Crippen LogP contribution in [0.1, 0.15) is 104 Å². The van der Waals surface area contributed by atoms with Gasteiger partial charge in [0.2, 0.25) is 5.95 Å². The summed E-state index contributed by atoms with van der Waals surface area (Å²) in [6, 6.07) is 6.07. The predicted octanol–water partition coefficient (Wildman–Crippen LogP) is 6.36. The lowest BCUT2D eigenvalue weighted by molar-refractivity contribution is -0.144. The van der Waals surface area contributed by atoms with E-state index in [0.717, 1.165) is 49.6 Å². The summed E-state index contributed by atoms with van der Waals surface area (Å²) in [7, 11) is 0. The highest BCUT2D eigenvalue weighted by Crippen LogP contribution is 2.51. The summed E-state index contributed by atoms with van der Waals surface area (Å²) in [5.41, 5.74) is 1.18. The Morgan fingerprint density at radius 1 is 1.02 bits per heavy atom. The van der Waals surface area contributed by atoms with Gasteiger partial charge in [-0.1, -0.05) is 25.0 Å². The van der Waals surface area contributed by atoms with E-state index in [1.807, 2.05) is 6.07 Å². The molecule has 2 bridgehead atoms. The first-order valence-corrected chi connectivity index (χ1v) is 16.1. The van der Waals surface area contributed by atoms with Crippen LogP contribution in [0.2, 0.25) is 0 Å². The van der Waals surface area contributed by atoms with Crippen LogP contribution < -0.4 is 10.2 Å². The maximum Gasteiger partial charge on any atom is 0.434 e. The minimum atomic E-state index is -4.85. The number of ether oxygens (including phenoxy) is 1. The van der Waals surface area contributed by atoms with Gasteiger partial charge in [-0.15, -0.1) is 0 Å². The van der Waals surface area contributed by atoms with Gasteiger partial charge in [0.1, 0.15) is 0 Å². The second kappa shape index (κ2) is 11.3. The Morgan fingerprint density at radius 2 is 1.73 bits per heavy atom. The van der Waals surface area contributed by atoms with Crippen LogP contribution in [0.25, 0.3) is 0 Å². The molecule has 2 N–H and O–H groups in total. The molecule has 236 valence electrons. The number of halogens is 3. The van der Waals surface area contributed by atoms with Crippen molar-refractivity contribution in [3.63, 3.8) is 0 Å². The third-order valence-electron chi connectivity index (χ3n) is 11.0. The van der Waals surface area contributed by atoms with Crippen molar-refractivity contribution >= 4 is 23.5 Å². The highest BCUT2D eigenvalue weighted by Gasteiger charge is 2.47. The number of aliphatic carboxylic acids is 1. The maximum absolute atomic E-state index is 14.5. The monoisotopic (exact) mass is 612 g/mol. The minimum Gasteiger partial charge on any atom is -0.481 e. The number of anilines is 2. The zero-order valence-corrected chi connectivity index (χ0v) is 24.7. The number of fused-ring (bicyclic) bond motifs is 4. The molecule has 1 spiro atoms. The van der Waals surface area contributed by atoms with Crippen LogP contribution in [0.5, 0.6) is 0 Å². The van der Waals surface area contributed by atoms with Gasteiger partial charge in [-0.05, 0) is 92.7 Å². The number of aromatic nitrogens is 2. The first-order chi connectivity index (χ1) is 21.1. The molecule has 3 saturated carbocycles. The quantitative estimate of drug-likeness (QED) is 0.405. The number of hydrogen-bond donors (Lipinski definition) is 2. The fourth-order valence-electron chi connectivity index (χ4n) is 8.89. The van der Waals surface area contributed by atoms with Gasteiger partial charge in [0.05, 0.1) is 11.5 Å². The van der Waals surface area contributed by atoms with Crippen LogP contribution in [-0.4, -0.2) is 52.8 Å². The zero-order valence-electron chi connectivity index (χ0n) is 24.7. The molecular weight excluding hydrogens is 573 g/mol. The normalized spacial score (nSPS) is 28.2. The number of carbonyl (C=O) groups is 2. The average Bonchev–Trinajstić information content (AvgIpc) is 3.64. The number of rotatable bonds is 5. The van der Waals surface area contributed by atoms with Gasteiger partial charge < -0.3 is 20.1 Å². The standard InChI is InChI=1S/C33H39F3N4O4/c34-33(35,36)28-25(29(41)38-24-14-19-11-20(15-24)13-23(12-19)30(42)43)17-37-31(39-28)40-18-32(7-9-44-10-8-32)26-16-22(5-6-27(26)40)21-3-1-2-4-21/h5-6,16-17,19-21,23-24H,1-4,7-15,18H2,(H,38,41)(H,42,43). The third-order valence-corrected chi connectivity index (χ3v) is 11.0. The number of amides is 1. The Morgan fingerprint density at radius 3 is 2.39 bits per heavy atom. The van der Waals surface area contributed by atoms with Crippen LogP contribution in [-0.2, 0) is 21.1 Å². The summed E-state index contributed by atoms with van der Waals surface area (Å²) in [5, 5.41) is 12.3. The molecule has 0 radical (unpaired) electrons. The van der Waals surface area contributed by atoms with Crippen LogP contribution in [0.15, 0.2) is 24.4 Å². The van der Waals surface area contributed by atoms with Crippen molar-refractivity contribution in [2.75, 3.05) is 24.7 Å². The molecule has 1 saturated heterocycles. The Bertz CT molecular complexity index is 1420. The Balaban J connectivity index is 1.16. The molecule has 2 unspecified atom stereocenters. The number of carboxylic acid groups (broad SMARTS) is 1. The highest BCUT2D eigenvalue weighted by atomic mass is 19.4. The summed E-state index contributed by atoms with van der Waals surface area (Å²) in [4.78, 5) is 35.0. The topological polar surface area (TPSA) is 105 Å². The second-order valence-corrected chi connectivity index (χ2v) is 13.8. The lowest BCUT2D eigenvalue weighted by Crippen LogP contribution is -2.44. The van der Waals surface area contributed by atoms with E-state index in [-0.39, 0.29) is 29.2 Å². The molecule has 2 aliphatic heterocycles. The number of hydrogen-bond acceptors (Lipinski definition) is 6. The lowest BCUT2D eigenvalue weighted by atomic mass is 9.66. The molecule has 3 heterocycles. The van der Waals surface area contributed by atoms with Gasteiger partial charge in [0.25, 0.3) is 5.91 Å². The molecule has 2 atom stereocenters. The molecule has 1 aromatic carbocycles. The number of nitrogens with one attached hydrogen (secondary N) is 1. The molecule has 5 aliphatic rings. The first kappa shape index (κ1) is 29.5. The summed E-state index contributed by atoms with van der Waals surface area (Å²) in [5.74, 6) is -1.30. The van der Waals surface area contributed by atoms with E-state index < -0.39 is 35.2 Å². The van der Waals surface area contributed by atoms with Crippen LogP contribution in [0, 0.1) is 17.8 Å². The molecule has 2 aromatic rings. The van der Waals surface area contributed by atoms with Gasteiger partial charge in [0.15, 0.2) is 5.69 Å². The number of benzene rings is 1. The van der Waals surface area contributed by atoms with Gasteiger partial charge in [0, 0.05) is 43.1 Å². The highest BCUT2D eigenvalue weighted by molar-refractivity contribution is 5.95. The first-order valence-electron chi connectivity index (χ1n) is 16.1. The second-order valence-electron chi connectivity index (χ2n) is 13.8. The molecule has 3 aliphatic carbocycles. The average molecular weight is 613 g/mol. The van der Waals surface area contributed by atoms with Crippen LogP contribution in [0.3, 0.4) is 0 Å². The van der Waals surface area contributed by atoms with E-state index >= 15 is 0 Å². The molecule has 7 rings (SSSR count). The minimum absolute atomic E-state index is 0.0565. The van der Waals surface area contributed by atoms with Crippen molar-refractivity contribution in [1.29, 1.82) is 0 Å². The van der Waals surface area contributed by atoms with Crippen molar-refractivity contribution in [2.45, 2.75) is 94.2 Å². The summed E-state index contributed by atoms with van der Waals surface area (Å²) < 4.78 is 49.1. The lowest BCUT2D eigenvalue weighted by Gasteiger charge is -2.41. The summed E-state index contributed by atoms with van der Waals surface area (Å²) in [6.07, 6.45) is 5.55. The Kier molecular flexibility index (Phi) is 7.58. The van der Waals surface area contributed by atoms with E-state index in [9.17, 15) is 27.9 Å². The smallest absolute Gasteiger partial charge is 0.434 e. The Labute approximate surface area is 254 Å². The third kappa shape index (κ3) is 5.45. The number of nitrogens with zero attached hydrogens (tertiary/aromatic N) is 3. The van der Waals surface area contributed by atoms with Crippen molar-refractivity contribution in [2.24, 2.45) is 17.8 Å². The zero-order chi connectivity index (χ0) is 30.6. The molecule has 8 nitrogen and oxygen atoms in total. The number of carbonyl (C=O) groups excluding carboxylic acids is 1. The van der Waals surface area contributed by atoms with Gasteiger partial charge in [-0.2, -0.15) is 13.2 Å². The molecular formula is C33H39F3N4O4. The molecule has 1 aromatic heterocycles. The van der Waals surface area contributed by atoms with Crippen LogP contribution >= 0.6 is 0 Å². The molecule has 4 fully saturated rings. The van der Waals surface area contributed by atoms with E-state index in [1.165, 1.54) is 18.4 Å². The maximum atomic E-state index is 14.5. The van der Waals surface area contributed by atoms with Crippen LogP contribution in [0.4, 0.5) is 24.8 Å². The number of carboxylic acids is 1. The van der Waals surface area contributed by atoms with Crippen molar-refractivity contribution < 1.29 is 32.6 Å². The van der Waals surface area contributed by atoms with E-state index in [1.54, 1.807) is 4.90 Å². The van der Waals surface area contributed by atoms with E-state index in [2.05, 4.69) is 27.4 Å². The predicted molar refractivity (Wildman–Crippen MR) is 156 cm³/mol. The number of alkyl halides is 3. The summed E-state index contributed by atoms with van der Waals surface area (Å²) in [6.45, 7) is 1.65. The fraction of sp³-hybridized carbons (Fsp3) is 0.636. The molecule has 44 heavy (non-hydrogen) atoms.